The van der Waals surface area contributed by atoms with Crippen LogP contribution in [-0.4, -0.2) is 84.5 Å². The summed E-state index contributed by atoms with van der Waals surface area (Å²) < 4.78 is 30.1. The fourth-order valence-corrected chi connectivity index (χ4v) is 8.14. The Morgan fingerprint density at radius 1 is 1.00 bits per heavy atom. The standard InChI is InChI=1S/C37H53FN4O7/c1-6-48-35(45)30-20-25-19-26(13-16-29(25)40-30)39-33(43)32-28(22-11-14-27(47-5)15-12-22)17-18-42(32)34(44)24-9-7-23(8-10-24)31(21-38)41-36(46)49-37(2,3)4/h13,16,19-20,22-24,27-28,31-32,40H,6-12,14-15,17-18,21H2,1-5H3,(H,39,43)(H,41,46)/t22?,23?,24?,27?,28-,31-,32-/m1/s1. The third-order valence-corrected chi connectivity index (χ3v) is 10.6. The first-order chi connectivity index (χ1) is 23.4. The molecule has 2 saturated carbocycles. The molecule has 5 rings (SSSR count). The van der Waals surface area contributed by atoms with Gasteiger partial charge in [-0.25, -0.2) is 14.0 Å². The van der Waals surface area contributed by atoms with Gasteiger partial charge in [0.2, 0.25) is 11.8 Å². The number of likely N-dealkylation sites (tertiary alicyclic amines) is 1. The van der Waals surface area contributed by atoms with Crippen LogP contribution in [0.1, 0.15) is 96.0 Å². The third kappa shape index (κ3) is 8.93. The number of H-pyrrole nitrogens is 1. The quantitative estimate of drug-likeness (QED) is 0.247. The monoisotopic (exact) mass is 684 g/mol. The number of ether oxygens (including phenoxy) is 3. The number of carbonyl (C=O) groups is 4. The minimum atomic E-state index is -0.706. The number of nitrogens with one attached hydrogen (secondary N) is 3. The number of hydrogen-bond donors (Lipinski definition) is 3. The van der Waals surface area contributed by atoms with Crippen molar-refractivity contribution in [1.29, 1.82) is 0 Å². The Labute approximate surface area is 288 Å². The average Bonchev–Trinajstić information content (AvgIpc) is 3.71. The van der Waals surface area contributed by atoms with Crippen LogP contribution in [0.3, 0.4) is 0 Å². The molecular formula is C37H53FN4O7. The lowest BCUT2D eigenvalue weighted by atomic mass is 9.75. The summed E-state index contributed by atoms with van der Waals surface area (Å²) in [6.45, 7) is 7.11. The van der Waals surface area contributed by atoms with Crippen molar-refractivity contribution in [2.24, 2.45) is 23.7 Å². The lowest BCUT2D eigenvalue weighted by molar-refractivity contribution is -0.142. The van der Waals surface area contributed by atoms with Crippen LogP contribution in [0.15, 0.2) is 24.3 Å². The zero-order chi connectivity index (χ0) is 35.3. The predicted octanol–water partition coefficient (Wildman–Crippen LogP) is 6.37. The summed E-state index contributed by atoms with van der Waals surface area (Å²) in [5.41, 5.74) is 0.992. The van der Waals surface area contributed by atoms with Gasteiger partial charge in [-0.3, -0.25) is 9.59 Å². The summed E-state index contributed by atoms with van der Waals surface area (Å²) in [6, 6.07) is 5.85. The highest BCUT2D eigenvalue weighted by Crippen LogP contribution is 2.42. The van der Waals surface area contributed by atoms with Gasteiger partial charge in [-0.05, 0) is 128 Å². The fourth-order valence-electron chi connectivity index (χ4n) is 8.14. The van der Waals surface area contributed by atoms with Crippen LogP contribution in [0.4, 0.5) is 14.9 Å². The Hall–Kier alpha value is -3.67. The van der Waals surface area contributed by atoms with Gasteiger partial charge in [-0.15, -0.1) is 0 Å². The highest BCUT2D eigenvalue weighted by atomic mass is 19.1. The van der Waals surface area contributed by atoms with Crippen LogP contribution in [0.25, 0.3) is 10.9 Å². The van der Waals surface area contributed by atoms with E-state index in [1.165, 1.54) is 0 Å². The number of aromatic nitrogens is 1. The first-order valence-electron chi connectivity index (χ1n) is 17.9. The number of carbonyl (C=O) groups excluding carboxylic acids is 4. The highest BCUT2D eigenvalue weighted by Gasteiger charge is 2.47. The number of esters is 1. The van der Waals surface area contributed by atoms with E-state index in [1.54, 1.807) is 51.8 Å². The molecule has 270 valence electrons. The molecule has 3 aliphatic rings. The van der Waals surface area contributed by atoms with Crippen LogP contribution >= 0.6 is 0 Å². The van der Waals surface area contributed by atoms with Gasteiger partial charge < -0.3 is 34.7 Å². The van der Waals surface area contributed by atoms with E-state index in [-0.39, 0.29) is 42.3 Å². The molecular weight excluding hydrogens is 631 g/mol. The van der Waals surface area contributed by atoms with Crippen molar-refractivity contribution in [3.05, 3.63) is 30.0 Å². The normalized spacial score (nSPS) is 26.6. The van der Waals surface area contributed by atoms with E-state index in [4.69, 9.17) is 14.2 Å². The molecule has 3 N–H and O–H groups in total. The molecule has 1 saturated heterocycles. The Morgan fingerprint density at radius 3 is 2.35 bits per heavy atom. The molecule has 0 radical (unpaired) electrons. The Bertz CT molecular complexity index is 1470. The number of methoxy groups -OCH3 is 1. The SMILES string of the molecule is CCOC(=O)c1cc2cc(NC(=O)[C@H]3[C@@H](C4CCC(OC)CC4)CCN3C(=O)C3CCC([C@@H](CF)NC(=O)OC(C)(C)C)CC3)ccc2[nH]1. The topological polar surface area (TPSA) is 139 Å². The second kappa shape index (κ2) is 15.9. The minimum absolute atomic E-state index is 0.0243. The van der Waals surface area contributed by atoms with E-state index in [9.17, 15) is 23.6 Å². The molecule has 2 aliphatic carbocycles. The molecule has 49 heavy (non-hydrogen) atoms. The average molecular weight is 685 g/mol. The summed E-state index contributed by atoms with van der Waals surface area (Å²) >= 11 is 0. The number of halogens is 1. The zero-order valence-corrected chi connectivity index (χ0v) is 29.5. The molecule has 0 unspecified atom stereocenters. The smallest absolute Gasteiger partial charge is 0.407 e. The van der Waals surface area contributed by atoms with E-state index < -0.39 is 36.4 Å². The summed E-state index contributed by atoms with van der Waals surface area (Å²) in [4.78, 5) is 57.8. The minimum Gasteiger partial charge on any atom is -0.461 e. The van der Waals surface area contributed by atoms with E-state index in [2.05, 4.69) is 15.6 Å². The Kier molecular flexibility index (Phi) is 11.9. The molecule has 1 aromatic heterocycles. The number of benzene rings is 1. The highest BCUT2D eigenvalue weighted by molar-refractivity contribution is 6.01. The van der Waals surface area contributed by atoms with Crippen molar-refractivity contribution < 1.29 is 37.8 Å². The number of fused-ring (bicyclic) bond motifs is 1. The van der Waals surface area contributed by atoms with Gasteiger partial charge in [0.15, 0.2) is 0 Å². The molecule has 2 heterocycles. The van der Waals surface area contributed by atoms with Gasteiger partial charge in [0.05, 0.1) is 18.8 Å². The molecule has 3 amide bonds. The van der Waals surface area contributed by atoms with Gasteiger partial charge in [0, 0.05) is 36.2 Å². The van der Waals surface area contributed by atoms with Gasteiger partial charge >= 0.3 is 12.1 Å². The number of alkyl halides is 1. The lowest BCUT2D eigenvalue weighted by Gasteiger charge is -2.38. The van der Waals surface area contributed by atoms with Crippen molar-refractivity contribution in [3.63, 3.8) is 0 Å². The Morgan fingerprint density at radius 2 is 1.71 bits per heavy atom. The number of amides is 3. The van der Waals surface area contributed by atoms with Gasteiger partial charge in [-0.1, -0.05) is 0 Å². The maximum Gasteiger partial charge on any atom is 0.407 e. The third-order valence-electron chi connectivity index (χ3n) is 10.6. The second-order valence-electron chi connectivity index (χ2n) is 14.9. The molecule has 3 atom stereocenters. The van der Waals surface area contributed by atoms with Gasteiger partial charge in [0.1, 0.15) is 24.0 Å². The Balaban J connectivity index is 1.28. The number of aromatic amines is 1. The molecule has 2 aromatic rings. The molecule has 1 aromatic carbocycles. The van der Waals surface area contributed by atoms with E-state index >= 15 is 0 Å². The maximum atomic E-state index is 14.2. The van der Waals surface area contributed by atoms with Crippen LogP contribution in [0, 0.1) is 23.7 Å². The molecule has 11 nitrogen and oxygen atoms in total. The van der Waals surface area contributed by atoms with Crippen molar-refractivity contribution >= 4 is 40.5 Å². The van der Waals surface area contributed by atoms with Crippen molar-refractivity contribution in [2.45, 2.75) is 109 Å². The summed E-state index contributed by atoms with van der Waals surface area (Å²) in [6.07, 6.45) is 6.43. The summed E-state index contributed by atoms with van der Waals surface area (Å²) in [5, 5.41) is 6.55. The molecule has 0 spiro atoms. The number of alkyl carbamates (subject to hydrolysis) is 1. The number of anilines is 1. The van der Waals surface area contributed by atoms with Crippen molar-refractivity contribution in [1.82, 2.24) is 15.2 Å². The summed E-state index contributed by atoms with van der Waals surface area (Å²) in [7, 11) is 1.74. The number of nitrogens with zero attached hydrogens (tertiary/aromatic N) is 1. The lowest BCUT2D eigenvalue weighted by Crippen LogP contribution is -2.50. The maximum absolute atomic E-state index is 14.2. The van der Waals surface area contributed by atoms with Crippen molar-refractivity contribution in [2.75, 3.05) is 32.3 Å². The first kappa shape index (κ1) is 36.6. The molecule has 0 bridgehead atoms. The van der Waals surface area contributed by atoms with E-state index in [0.717, 1.165) is 43.0 Å². The number of hydrogen-bond acceptors (Lipinski definition) is 7. The molecule has 1 aliphatic heterocycles. The zero-order valence-electron chi connectivity index (χ0n) is 29.5. The van der Waals surface area contributed by atoms with Crippen LogP contribution in [-0.2, 0) is 23.8 Å². The molecule has 3 fully saturated rings. The van der Waals surface area contributed by atoms with E-state index in [0.29, 0.717) is 49.5 Å². The van der Waals surface area contributed by atoms with Crippen LogP contribution in [0.2, 0.25) is 0 Å². The van der Waals surface area contributed by atoms with E-state index in [1.807, 2.05) is 12.1 Å². The number of rotatable bonds is 10. The van der Waals surface area contributed by atoms with Gasteiger partial charge in [0.25, 0.3) is 0 Å². The first-order valence-corrected chi connectivity index (χ1v) is 17.9. The van der Waals surface area contributed by atoms with Gasteiger partial charge in [-0.2, -0.15) is 0 Å². The predicted molar refractivity (Wildman–Crippen MR) is 184 cm³/mol. The molecule has 12 heteroatoms. The second-order valence-corrected chi connectivity index (χ2v) is 14.9. The van der Waals surface area contributed by atoms with Crippen LogP contribution < -0.4 is 10.6 Å². The van der Waals surface area contributed by atoms with Crippen molar-refractivity contribution in [3.8, 4) is 0 Å². The van der Waals surface area contributed by atoms with Crippen LogP contribution in [0.5, 0.6) is 0 Å². The summed E-state index contributed by atoms with van der Waals surface area (Å²) in [5.74, 6) is -0.715. The fraction of sp³-hybridized carbons (Fsp3) is 0.676. The largest absolute Gasteiger partial charge is 0.461 e.